The normalized spacial score (nSPS) is 11.6. The molecule has 10 heteroatoms. The summed E-state index contributed by atoms with van der Waals surface area (Å²) in [5.74, 6) is -1.86. The molecular weight excluding hydrogens is 505 g/mol. The first-order valence-electron chi connectivity index (χ1n) is 11.9. The monoisotopic (exact) mass is 536 g/mol. The topological polar surface area (TPSA) is 83.5 Å². The Bertz CT molecular complexity index is 1350. The van der Waals surface area contributed by atoms with Gasteiger partial charge in [0.25, 0.3) is 0 Å². The van der Waals surface area contributed by atoms with E-state index in [9.17, 15) is 9.90 Å². The summed E-state index contributed by atoms with van der Waals surface area (Å²) in [6.07, 6.45) is -4.44. The standard InChI is InChI=1S/C28H31F3O7/c1-8-14(9-2)24(32)22-23(28(29,30)31)20(15-10-11-17(34-3)18(12-15)35-4)21-16(25(22)33)13-19(36-5)26(37-6)27(21)38-7/h10-14,33H,8-9H2,1-7H3. The van der Waals surface area contributed by atoms with E-state index in [1.165, 1.54) is 59.8 Å². The maximum absolute atomic E-state index is 15.0. The number of ketones is 1. The van der Waals surface area contributed by atoms with Crippen LogP contribution in [0.1, 0.15) is 42.6 Å². The average Bonchev–Trinajstić information content (AvgIpc) is 2.91. The van der Waals surface area contributed by atoms with Crippen molar-refractivity contribution in [1.29, 1.82) is 0 Å². The Labute approximate surface area is 219 Å². The van der Waals surface area contributed by atoms with Crippen LogP contribution in [0.4, 0.5) is 13.2 Å². The number of fused-ring (bicyclic) bond motifs is 1. The number of rotatable bonds is 10. The first kappa shape index (κ1) is 28.7. The molecule has 0 aliphatic rings. The first-order valence-corrected chi connectivity index (χ1v) is 11.9. The van der Waals surface area contributed by atoms with E-state index in [4.69, 9.17) is 23.7 Å². The maximum Gasteiger partial charge on any atom is 0.417 e. The Morgan fingerprint density at radius 3 is 1.89 bits per heavy atom. The van der Waals surface area contributed by atoms with Gasteiger partial charge in [0.05, 0.1) is 46.7 Å². The van der Waals surface area contributed by atoms with E-state index in [1.54, 1.807) is 13.8 Å². The second-order valence-electron chi connectivity index (χ2n) is 8.49. The fourth-order valence-corrected chi connectivity index (χ4v) is 4.76. The molecule has 0 saturated carbocycles. The summed E-state index contributed by atoms with van der Waals surface area (Å²) in [5, 5.41) is 11.2. The van der Waals surface area contributed by atoms with Crippen molar-refractivity contribution in [2.75, 3.05) is 35.5 Å². The van der Waals surface area contributed by atoms with Crippen molar-refractivity contribution in [1.82, 2.24) is 0 Å². The number of alkyl halides is 3. The van der Waals surface area contributed by atoms with Crippen LogP contribution in [-0.2, 0) is 6.18 Å². The second kappa shape index (κ2) is 11.3. The molecule has 3 aromatic rings. The predicted octanol–water partition coefficient (Wildman–Crippen LogP) is 6.89. The molecule has 0 spiro atoms. The number of halogens is 3. The lowest BCUT2D eigenvalue weighted by molar-refractivity contribution is -0.137. The van der Waals surface area contributed by atoms with Crippen molar-refractivity contribution in [3.05, 3.63) is 35.4 Å². The van der Waals surface area contributed by atoms with Gasteiger partial charge in [-0.15, -0.1) is 0 Å². The second-order valence-corrected chi connectivity index (χ2v) is 8.49. The molecule has 0 bridgehead atoms. The van der Waals surface area contributed by atoms with E-state index >= 15 is 13.2 Å². The minimum Gasteiger partial charge on any atom is -0.507 e. The zero-order valence-electron chi connectivity index (χ0n) is 22.3. The van der Waals surface area contributed by atoms with E-state index in [2.05, 4.69) is 0 Å². The van der Waals surface area contributed by atoms with Crippen LogP contribution in [0.3, 0.4) is 0 Å². The molecule has 1 N–H and O–H groups in total. The number of phenols is 1. The molecule has 206 valence electrons. The number of hydrogen-bond donors (Lipinski definition) is 1. The van der Waals surface area contributed by atoms with Crippen LogP contribution in [0.5, 0.6) is 34.5 Å². The van der Waals surface area contributed by atoms with Gasteiger partial charge < -0.3 is 28.8 Å². The summed E-state index contributed by atoms with van der Waals surface area (Å²) in [6, 6.07) is 5.59. The van der Waals surface area contributed by atoms with E-state index in [0.29, 0.717) is 18.6 Å². The van der Waals surface area contributed by atoms with Crippen LogP contribution in [0.2, 0.25) is 0 Å². The molecule has 0 unspecified atom stereocenters. The highest BCUT2D eigenvalue weighted by molar-refractivity contribution is 6.15. The number of phenolic OH excluding ortho intramolecular Hbond substituents is 1. The van der Waals surface area contributed by atoms with E-state index < -0.39 is 34.8 Å². The molecule has 0 atom stereocenters. The molecule has 0 aliphatic heterocycles. The van der Waals surface area contributed by atoms with Gasteiger partial charge in [0.2, 0.25) is 5.75 Å². The number of hydrogen-bond acceptors (Lipinski definition) is 7. The summed E-state index contributed by atoms with van der Waals surface area (Å²) in [5.41, 5.74) is -2.41. The quantitative estimate of drug-likeness (QED) is 0.283. The SMILES string of the molecule is CCC(CC)C(=O)c1c(C(F)(F)F)c(-c2ccc(OC)c(OC)c2)c2c(OC)c(OC)c(OC)cc2c1O. The third kappa shape index (κ3) is 4.75. The Hall–Kier alpha value is -3.82. The number of ether oxygens (including phenoxy) is 5. The van der Waals surface area contributed by atoms with Gasteiger partial charge in [-0.25, -0.2) is 0 Å². The van der Waals surface area contributed by atoms with Crippen LogP contribution >= 0.6 is 0 Å². The molecule has 7 nitrogen and oxygen atoms in total. The molecule has 0 aromatic heterocycles. The lowest BCUT2D eigenvalue weighted by Crippen LogP contribution is -2.21. The van der Waals surface area contributed by atoms with Gasteiger partial charge in [-0.05, 0) is 36.6 Å². The number of carbonyl (C=O) groups is 1. The summed E-state index contributed by atoms with van der Waals surface area (Å²) < 4.78 is 72.0. The van der Waals surface area contributed by atoms with Crippen molar-refractivity contribution >= 4 is 16.6 Å². The number of benzene rings is 3. The van der Waals surface area contributed by atoms with Gasteiger partial charge in [-0.2, -0.15) is 13.2 Å². The molecule has 0 saturated heterocycles. The zero-order chi connectivity index (χ0) is 28.4. The number of carbonyl (C=O) groups excluding carboxylic acids is 1. The van der Waals surface area contributed by atoms with Crippen molar-refractivity contribution < 1.29 is 46.8 Å². The highest BCUT2D eigenvalue weighted by Gasteiger charge is 2.43. The minimum absolute atomic E-state index is 0.0239. The molecule has 0 aliphatic carbocycles. The van der Waals surface area contributed by atoms with Crippen LogP contribution in [-0.4, -0.2) is 46.4 Å². The lowest BCUT2D eigenvalue weighted by Gasteiger charge is -2.25. The van der Waals surface area contributed by atoms with E-state index in [-0.39, 0.29) is 44.9 Å². The third-order valence-electron chi connectivity index (χ3n) is 6.63. The molecule has 3 aromatic carbocycles. The Morgan fingerprint density at radius 2 is 1.42 bits per heavy atom. The van der Waals surface area contributed by atoms with E-state index in [1.807, 2.05) is 0 Å². The summed E-state index contributed by atoms with van der Waals surface area (Å²) in [7, 11) is 6.69. The smallest absolute Gasteiger partial charge is 0.417 e. The van der Waals surface area contributed by atoms with Crippen molar-refractivity contribution in [3.8, 4) is 45.6 Å². The number of methoxy groups -OCH3 is 5. The number of aromatic hydroxyl groups is 1. The molecule has 0 radical (unpaired) electrons. The highest BCUT2D eigenvalue weighted by Crippen LogP contribution is 2.55. The highest BCUT2D eigenvalue weighted by atomic mass is 19.4. The predicted molar refractivity (Wildman–Crippen MR) is 137 cm³/mol. The van der Waals surface area contributed by atoms with Crippen LogP contribution in [0.25, 0.3) is 21.9 Å². The van der Waals surface area contributed by atoms with Gasteiger partial charge in [0.1, 0.15) is 5.75 Å². The average molecular weight is 537 g/mol. The Kier molecular flexibility index (Phi) is 8.54. The first-order chi connectivity index (χ1) is 18.0. The van der Waals surface area contributed by atoms with Gasteiger partial charge >= 0.3 is 6.18 Å². The van der Waals surface area contributed by atoms with Crippen LogP contribution in [0, 0.1) is 5.92 Å². The molecule has 38 heavy (non-hydrogen) atoms. The Balaban J connectivity index is 2.74. The number of Topliss-reactive ketones (excluding diaryl/α,β-unsaturated/α-hetero) is 1. The van der Waals surface area contributed by atoms with Crippen molar-refractivity contribution in [2.24, 2.45) is 5.92 Å². The summed E-state index contributed by atoms with van der Waals surface area (Å²) >= 11 is 0. The summed E-state index contributed by atoms with van der Waals surface area (Å²) in [4.78, 5) is 13.6. The molecule has 0 fully saturated rings. The van der Waals surface area contributed by atoms with Gasteiger partial charge in [0, 0.05) is 22.3 Å². The molecule has 3 rings (SSSR count). The largest absolute Gasteiger partial charge is 0.507 e. The fraction of sp³-hybridized carbons (Fsp3) is 0.393. The van der Waals surface area contributed by atoms with Gasteiger partial charge in [-0.3, -0.25) is 4.79 Å². The molecule has 0 heterocycles. The lowest BCUT2D eigenvalue weighted by atomic mass is 9.82. The van der Waals surface area contributed by atoms with Crippen molar-refractivity contribution in [3.63, 3.8) is 0 Å². The van der Waals surface area contributed by atoms with Crippen LogP contribution < -0.4 is 23.7 Å². The molecule has 0 amide bonds. The Morgan fingerprint density at radius 1 is 0.842 bits per heavy atom. The van der Waals surface area contributed by atoms with E-state index in [0.717, 1.165) is 0 Å². The van der Waals surface area contributed by atoms with Gasteiger partial charge in [0.15, 0.2) is 28.8 Å². The van der Waals surface area contributed by atoms with Gasteiger partial charge in [-0.1, -0.05) is 19.9 Å². The summed E-state index contributed by atoms with van der Waals surface area (Å²) in [6.45, 7) is 3.42. The minimum atomic E-state index is -5.04. The zero-order valence-corrected chi connectivity index (χ0v) is 22.3. The maximum atomic E-state index is 15.0. The van der Waals surface area contributed by atoms with Crippen molar-refractivity contribution in [2.45, 2.75) is 32.9 Å². The van der Waals surface area contributed by atoms with Crippen LogP contribution in [0.15, 0.2) is 24.3 Å². The molecular formula is C28H31F3O7. The fourth-order valence-electron chi connectivity index (χ4n) is 4.76. The third-order valence-corrected chi connectivity index (χ3v) is 6.63.